The smallest absolute Gasteiger partial charge is 0.253 e. The number of anilines is 1. The lowest BCUT2D eigenvalue weighted by atomic mass is 10.0. The highest BCUT2D eigenvalue weighted by Crippen LogP contribution is 2.23. The molecule has 0 bridgehead atoms. The van der Waals surface area contributed by atoms with Crippen molar-refractivity contribution in [3.05, 3.63) is 50.4 Å². The Hall–Kier alpha value is -3.13. The number of halogens is 1. The molecule has 0 fully saturated rings. The third-order valence-electron chi connectivity index (χ3n) is 5.25. The van der Waals surface area contributed by atoms with Gasteiger partial charge in [0.25, 0.3) is 5.56 Å². The molecular formula is C20H21ClN6O2. The molecule has 1 amide bonds. The topological polar surface area (TPSA) is 97.6 Å². The van der Waals surface area contributed by atoms with Crippen molar-refractivity contribution in [2.75, 3.05) is 5.32 Å². The predicted octanol–water partition coefficient (Wildman–Crippen LogP) is 2.99. The minimum atomic E-state index is -0.212. The Morgan fingerprint density at radius 3 is 2.79 bits per heavy atom. The molecule has 1 aromatic carbocycles. The van der Waals surface area contributed by atoms with E-state index in [1.54, 1.807) is 28.4 Å². The SMILES string of the molecule is Cc1nn(C)c2[nH]c(=O)c(CCC(=O)Nc3nc4cc(Cl)ccc4n3C)c(C)c12. The van der Waals surface area contributed by atoms with Crippen LogP contribution in [0.25, 0.3) is 22.1 Å². The normalized spacial score (nSPS) is 11.5. The van der Waals surface area contributed by atoms with Crippen molar-refractivity contribution in [2.45, 2.75) is 26.7 Å². The number of H-pyrrole nitrogens is 1. The number of imidazole rings is 1. The number of hydrogen-bond acceptors (Lipinski definition) is 4. The maximum Gasteiger partial charge on any atom is 0.253 e. The summed E-state index contributed by atoms with van der Waals surface area (Å²) in [6.45, 7) is 3.80. The number of aryl methyl sites for hydroxylation is 4. The van der Waals surface area contributed by atoms with Crippen LogP contribution in [0.1, 0.15) is 23.2 Å². The van der Waals surface area contributed by atoms with E-state index in [0.717, 1.165) is 22.2 Å². The number of hydrogen-bond donors (Lipinski definition) is 2. The second-order valence-corrected chi connectivity index (χ2v) is 7.60. The highest BCUT2D eigenvalue weighted by atomic mass is 35.5. The number of aromatic nitrogens is 5. The van der Waals surface area contributed by atoms with Crippen LogP contribution in [0.15, 0.2) is 23.0 Å². The molecule has 4 rings (SSSR count). The van der Waals surface area contributed by atoms with Crippen LogP contribution in [0.5, 0.6) is 0 Å². The van der Waals surface area contributed by atoms with E-state index in [0.29, 0.717) is 34.1 Å². The molecule has 9 heteroatoms. The van der Waals surface area contributed by atoms with Crippen LogP contribution < -0.4 is 10.9 Å². The first-order valence-electron chi connectivity index (χ1n) is 9.23. The molecule has 0 aliphatic carbocycles. The Balaban J connectivity index is 1.55. The molecule has 0 saturated carbocycles. The van der Waals surface area contributed by atoms with E-state index in [1.807, 2.05) is 27.0 Å². The monoisotopic (exact) mass is 412 g/mol. The van der Waals surface area contributed by atoms with Crippen LogP contribution in [-0.4, -0.2) is 30.2 Å². The first-order chi connectivity index (χ1) is 13.8. The van der Waals surface area contributed by atoms with Gasteiger partial charge in [0.15, 0.2) is 0 Å². The van der Waals surface area contributed by atoms with Gasteiger partial charge in [0.1, 0.15) is 5.65 Å². The number of rotatable bonds is 4. The summed E-state index contributed by atoms with van der Waals surface area (Å²) in [5.41, 5.74) is 4.38. The summed E-state index contributed by atoms with van der Waals surface area (Å²) in [6.07, 6.45) is 0.492. The molecule has 29 heavy (non-hydrogen) atoms. The number of aromatic amines is 1. The van der Waals surface area contributed by atoms with Crippen molar-refractivity contribution in [2.24, 2.45) is 14.1 Å². The average molecular weight is 413 g/mol. The largest absolute Gasteiger partial charge is 0.313 e. The first kappa shape index (κ1) is 19.2. The van der Waals surface area contributed by atoms with Crippen LogP contribution in [-0.2, 0) is 25.3 Å². The minimum Gasteiger partial charge on any atom is -0.313 e. The third kappa shape index (κ3) is 3.29. The van der Waals surface area contributed by atoms with Crippen LogP contribution in [0, 0.1) is 13.8 Å². The van der Waals surface area contributed by atoms with Gasteiger partial charge in [-0.25, -0.2) is 4.98 Å². The van der Waals surface area contributed by atoms with Crippen molar-refractivity contribution in [1.29, 1.82) is 0 Å². The van der Waals surface area contributed by atoms with Crippen molar-refractivity contribution < 1.29 is 4.79 Å². The van der Waals surface area contributed by atoms with Crippen molar-refractivity contribution in [1.82, 2.24) is 24.3 Å². The summed E-state index contributed by atoms with van der Waals surface area (Å²) < 4.78 is 3.46. The number of nitrogens with zero attached hydrogens (tertiary/aromatic N) is 4. The van der Waals surface area contributed by atoms with Gasteiger partial charge in [0.05, 0.1) is 16.7 Å². The molecule has 8 nitrogen and oxygen atoms in total. The van der Waals surface area contributed by atoms with Gasteiger partial charge in [-0.05, 0) is 44.0 Å². The molecule has 0 radical (unpaired) electrons. The van der Waals surface area contributed by atoms with Crippen LogP contribution in [0.2, 0.25) is 5.02 Å². The van der Waals surface area contributed by atoms with E-state index >= 15 is 0 Å². The van der Waals surface area contributed by atoms with Gasteiger partial charge in [-0.1, -0.05) is 11.6 Å². The van der Waals surface area contributed by atoms with Crippen molar-refractivity contribution >= 4 is 45.5 Å². The van der Waals surface area contributed by atoms with Gasteiger partial charge in [-0.15, -0.1) is 0 Å². The predicted molar refractivity (Wildman–Crippen MR) is 113 cm³/mol. The quantitative estimate of drug-likeness (QED) is 0.538. The van der Waals surface area contributed by atoms with Crippen molar-refractivity contribution in [3.8, 4) is 0 Å². The Morgan fingerprint density at radius 2 is 2.03 bits per heavy atom. The zero-order chi connectivity index (χ0) is 20.9. The van der Waals surface area contributed by atoms with Gasteiger partial charge in [-0.3, -0.25) is 19.6 Å². The van der Waals surface area contributed by atoms with Gasteiger partial charge in [0.2, 0.25) is 11.9 Å². The molecular weight excluding hydrogens is 392 g/mol. The summed E-state index contributed by atoms with van der Waals surface area (Å²) in [6, 6.07) is 5.39. The fourth-order valence-corrected chi connectivity index (χ4v) is 3.93. The second kappa shape index (κ2) is 7.04. The molecule has 0 saturated heterocycles. The number of pyridine rings is 1. The zero-order valence-electron chi connectivity index (χ0n) is 16.6. The maximum absolute atomic E-state index is 12.5. The van der Waals surface area contributed by atoms with Gasteiger partial charge in [0, 0.05) is 36.5 Å². The number of amides is 1. The summed E-state index contributed by atoms with van der Waals surface area (Å²) in [7, 11) is 3.62. The third-order valence-corrected chi connectivity index (χ3v) is 5.49. The van der Waals surface area contributed by atoms with Crippen LogP contribution >= 0.6 is 11.6 Å². The summed E-state index contributed by atoms with van der Waals surface area (Å²) in [4.78, 5) is 32.4. The molecule has 150 valence electrons. The highest BCUT2D eigenvalue weighted by molar-refractivity contribution is 6.31. The lowest BCUT2D eigenvalue weighted by Crippen LogP contribution is -2.20. The number of nitrogens with one attached hydrogen (secondary N) is 2. The molecule has 3 heterocycles. The van der Waals surface area contributed by atoms with E-state index in [-0.39, 0.29) is 17.9 Å². The molecule has 0 aliphatic rings. The van der Waals surface area contributed by atoms with Crippen LogP contribution in [0.3, 0.4) is 0 Å². The van der Waals surface area contributed by atoms with E-state index < -0.39 is 0 Å². The maximum atomic E-state index is 12.5. The number of benzene rings is 1. The summed E-state index contributed by atoms with van der Waals surface area (Å²) >= 11 is 6.01. The minimum absolute atomic E-state index is 0.165. The lowest BCUT2D eigenvalue weighted by Gasteiger charge is -2.08. The number of carbonyl (C=O) groups is 1. The highest BCUT2D eigenvalue weighted by Gasteiger charge is 2.17. The van der Waals surface area contributed by atoms with Gasteiger partial charge in [-0.2, -0.15) is 5.10 Å². The van der Waals surface area contributed by atoms with E-state index in [2.05, 4.69) is 20.4 Å². The standard InChI is InChI=1S/C20H21ClN6O2/c1-10-13(19(29)24-18-17(10)11(2)25-27(18)4)6-8-16(28)23-20-22-14-9-12(21)5-7-15(14)26(20)3/h5,7,9H,6,8H2,1-4H3,(H,24,29)(H,22,23,28). The number of fused-ring (bicyclic) bond motifs is 2. The van der Waals surface area contributed by atoms with Gasteiger partial charge >= 0.3 is 0 Å². The summed E-state index contributed by atoms with van der Waals surface area (Å²) in [5, 5.41) is 8.70. The lowest BCUT2D eigenvalue weighted by molar-refractivity contribution is -0.116. The van der Waals surface area contributed by atoms with Crippen molar-refractivity contribution in [3.63, 3.8) is 0 Å². The van der Waals surface area contributed by atoms with E-state index in [4.69, 9.17) is 11.6 Å². The molecule has 0 unspecified atom stereocenters. The van der Waals surface area contributed by atoms with Crippen LogP contribution in [0.4, 0.5) is 5.95 Å². The molecule has 2 N–H and O–H groups in total. The first-order valence-corrected chi connectivity index (χ1v) is 9.61. The molecule has 0 aliphatic heterocycles. The molecule has 0 spiro atoms. The molecule has 3 aromatic heterocycles. The Bertz CT molecular complexity index is 1330. The second-order valence-electron chi connectivity index (χ2n) is 7.17. The van der Waals surface area contributed by atoms with Gasteiger partial charge < -0.3 is 9.55 Å². The Morgan fingerprint density at radius 1 is 1.28 bits per heavy atom. The fourth-order valence-electron chi connectivity index (χ4n) is 3.77. The van der Waals surface area contributed by atoms with E-state index in [9.17, 15) is 9.59 Å². The average Bonchev–Trinajstić information content (AvgIpc) is 3.10. The number of carbonyl (C=O) groups excluding carboxylic acids is 1. The summed E-state index contributed by atoms with van der Waals surface area (Å²) in [5.74, 6) is 0.229. The molecule has 0 atom stereocenters. The fraction of sp³-hybridized carbons (Fsp3) is 0.300. The van der Waals surface area contributed by atoms with E-state index in [1.165, 1.54) is 0 Å². The Labute approximate surface area is 171 Å². The Kier molecular flexibility index (Phi) is 4.66. The zero-order valence-corrected chi connectivity index (χ0v) is 17.4. The molecule has 4 aromatic rings.